The van der Waals surface area contributed by atoms with Crippen LogP contribution >= 0.6 is 11.3 Å². The van der Waals surface area contributed by atoms with Crippen molar-refractivity contribution < 1.29 is 30.0 Å². The standard InChI is InChI=1S/C34H27N2S.C15H28O2.Ir/c1-21(2)18-29-26-12-13-30-32(27(26)14-16-35-29)33-31(37-30)15-17-36-34(33)24-19-23-10-6-7-11-25(23)28(20-24)22-8-4-3-5-9-22;1-7-14(5,8-2)12(16)11-13(17)15(6,9-3)10-4;/h3-11,14-17,20-21H,12-13,18H2,1-2H3;11,16H,7-10H2,1-6H3;/q-1;;/b;12-11-;. The Morgan fingerprint density at radius 1 is 0.855 bits per heavy atom. The fraction of sp³-hybridized carbons (Fsp3) is 0.367. The van der Waals surface area contributed by atoms with E-state index in [1.807, 2.05) is 65.3 Å². The summed E-state index contributed by atoms with van der Waals surface area (Å²) >= 11 is 1.92. The van der Waals surface area contributed by atoms with Crippen molar-refractivity contribution in [3.8, 4) is 33.5 Å². The largest absolute Gasteiger partial charge is 0.512 e. The molecule has 0 spiro atoms. The Labute approximate surface area is 345 Å². The molecular weight excluding hydrogens is 873 g/mol. The molecule has 55 heavy (non-hydrogen) atoms. The Bertz CT molecular complexity index is 2300. The molecule has 7 rings (SSSR count). The predicted molar refractivity (Wildman–Crippen MR) is 229 cm³/mol. The maximum atomic E-state index is 12.2. The van der Waals surface area contributed by atoms with E-state index in [4.69, 9.17) is 9.97 Å². The number of aryl methyl sites for hydroxylation is 1. The maximum absolute atomic E-state index is 12.2. The van der Waals surface area contributed by atoms with Gasteiger partial charge in [0.1, 0.15) is 5.76 Å². The van der Waals surface area contributed by atoms with E-state index in [0.717, 1.165) is 61.6 Å². The summed E-state index contributed by atoms with van der Waals surface area (Å²) in [4.78, 5) is 23.5. The van der Waals surface area contributed by atoms with E-state index < -0.39 is 0 Å². The van der Waals surface area contributed by atoms with Crippen molar-refractivity contribution in [1.82, 2.24) is 9.97 Å². The number of thiophene rings is 1. The molecule has 289 valence electrons. The second-order valence-electron chi connectivity index (χ2n) is 15.8. The van der Waals surface area contributed by atoms with Gasteiger partial charge in [-0.3, -0.25) is 14.8 Å². The molecule has 1 aliphatic rings. The summed E-state index contributed by atoms with van der Waals surface area (Å²) in [7, 11) is 0. The number of aromatic nitrogens is 2. The number of allylic oxidation sites excluding steroid dienone is 2. The number of benzene rings is 3. The SMILES string of the molecule is CC(C)Cc1nccc2c1CCc1sc3ccnc(-c4[c-]c5ccccc5c(-c5ccccc5)c4)c3c1-2.CCC(C)(CC)C(=O)/C=C(\O)C(C)(CC)CC.[Ir]. The van der Waals surface area contributed by atoms with Gasteiger partial charge in [0.05, 0.1) is 0 Å². The Morgan fingerprint density at radius 2 is 1.51 bits per heavy atom. The zero-order chi connectivity index (χ0) is 38.6. The molecule has 3 heterocycles. The van der Waals surface area contributed by atoms with Gasteiger partial charge in [-0.1, -0.05) is 120 Å². The zero-order valence-corrected chi connectivity index (χ0v) is 36.9. The molecule has 0 fully saturated rings. The van der Waals surface area contributed by atoms with Crippen LogP contribution in [-0.4, -0.2) is 20.9 Å². The first kappa shape index (κ1) is 42.2. The van der Waals surface area contributed by atoms with Gasteiger partial charge >= 0.3 is 0 Å². The Balaban J connectivity index is 0.000000276. The third kappa shape index (κ3) is 8.58. The van der Waals surface area contributed by atoms with Crippen molar-refractivity contribution in [3.05, 3.63) is 119 Å². The van der Waals surface area contributed by atoms with E-state index in [9.17, 15) is 9.90 Å². The van der Waals surface area contributed by atoms with Crippen LogP contribution in [0.2, 0.25) is 0 Å². The second-order valence-corrected chi connectivity index (χ2v) is 16.9. The van der Waals surface area contributed by atoms with Gasteiger partial charge in [0.25, 0.3) is 0 Å². The third-order valence-electron chi connectivity index (χ3n) is 12.0. The number of aliphatic hydroxyl groups is 1. The van der Waals surface area contributed by atoms with Gasteiger partial charge in [0, 0.05) is 70.4 Å². The molecule has 0 atom stereocenters. The topological polar surface area (TPSA) is 63.1 Å². The molecule has 0 bridgehead atoms. The van der Waals surface area contributed by atoms with E-state index in [2.05, 4.69) is 92.7 Å². The minimum absolute atomic E-state index is 0. The van der Waals surface area contributed by atoms with Crippen LogP contribution < -0.4 is 0 Å². The first-order valence-corrected chi connectivity index (χ1v) is 20.6. The van der Waals surface area contributed by atoms with Crippen molar-refractivity contribution in [1.29, 1.82) is 0 Å². The molecule has 3 aromatic heterocycles. The minimum atomic E-state index is -0.337. The normalized spacial score (nSPS) is 12.9. The van der Waals surface area contributed by atoms with Gasteiger partial charge in [-0.2, -0.15) is 0 Å². The van der Waals surface area contributed by atoms with Crippen LogP contribution in [-0.2, 0) is 44.2 Å². The summed E-state index contributed by atoms with van der Waals surface area (Å²) in [5.74, 6) is 0.870. The Hall–Kier alpha value is -3.96. The molecule has 6 heteroatoms. The third-order valence-corrected chi connectivity index (χ3v) is 13.2. The maximum Gasteiger partial charge on any atom is 0.164 e. The van der Waals surface area contributed by atoms with Gasteiger partial charge in [0.15, 0.2) is 5.78 Å². The van der Waals surface area contributed by atoms with Gasteiger partial charge in [-0.05, 0) is 90.6 Å². The molecule has 6 aromatic rings. The molecule has 1 N–H and O–H groups in total. The molecular formula is C49H55IrN2O2S-. The fourth-order valence-corrected chi connectivity index (χ4v) is 8.72. The van der Waals surface area contributed by atoms with Crippen LogP contribution in [0.15, 0.2) is 97.0 Å². The first-order valence-electron chi connectivity index (χ1n) is 19.8. The van der Waals surface area contributed by atoms with Crippen molar-refractivity contribution in [2.75, 3.05) is 0 Å². The summed E-state index contributed by atoms with van der Waals surface area (Å²) < 4.78 is 1.30. The average molecular weight is 928 g/mol. The predicted octanol–water partition coefficient (Wildman–Crippen LogP) is 13.6. The summed E-state index contributed by atoms with van der Waals surface area (Å²) in [6.45, 7) is 16.6. The van der Waals surface area contributed by atoms with Crippen LogP contribution in [0.4, 0.5) is 0 Å². The molecule has 1 radical (unpaired) electrons. The molecule has 0 saturated carbocycles. The molecule has 0 aliphatic heterocycles. The summed E-state index contributed by atoms with van der Waals surface area (Å²) in [6.07, 6.45) is 11.9. The average Bonchev–Trinajstić information content (AvgIpc) is 3.60. The number of nitrogens with zero attached hydrogens (tertiary/aromatic N) is 2. The summed E-state index contributed by atoms with van der Waals surface area (Å²) in [5, 5.41) is 13.7. The second kappa shape index (κ2) is 17.9. The molecule has 0 unspecified atom stereocenters. The van der Waals surface area contributed by atoms with Gasteiger partial charge in [-0.25, -0.2) is 0 Å². The Kier molecular flexibility index (Phi) is 13.7. The minimum Gasteiger partial charge on any atom is -0.512 e. The number of fused-ring (bicyclic) bond motifs is 6. The Morgan fingerprint density at radius 3 is 2.18 bits per heavy atom. The van der Waals surface area contributed by atoms with Crippen LogP contribution in [0, 0.1) is 22.8 Å². The number of rotatable bonds is 11. The molecule has 0 amide bonds. The molecule has 0 saturated heterocycles. The van der Waals surface area contributed by atoms with E-state index in [0.29, 0.717) is 5.92 Å². The quantitative estimate of drug-likeness (QED) is 0.0799. The number of hydrogen-bond acceptors (Lipinski definition) is 5. The van der Waals surface area contributed by atoms with Crippen LogP contribution in [0.25, 0.3) is 54.4 Å². The van der Waals surface area contributed by atoms with Gasteiger partial charge in [-0.15, -0.1) is 34.9 Å². The van der Waals surface area contributed by atoms with E-state index in [1.165, 1.54) is 59.9 Å². The molecule has 3 aromatic carbocycles. The van der Waals surface area contributed by atoms with Gasteiger partial charge < -0.3 is 5.11 Å². The van der Waals surface area contributed by atoms with Gasteiger partial charge in [0.2, 0.25) is 0 Å². The summed E-state index contributed by atoms with van der Waals surface area (Å²) in [5.41, 5.74) is 9.28. The number of aliphatic hydroxyl groups excluding tert-OH is 1. The monoisotopic (exact) mass is 928 g/mol. The molecule has 1 aliphatic carbocycles. The van der Waals surface area contributed by atoms with E-state index >= 15 is 0 Å². The van der Waals surface area contributed by atoms with Crippen molar-refractivity contribution in [2.45, 2.75) is 100 Å². The zero-order valence-electron chi connectivity index (χ0n) is 33.7. The number of carbonyl (C=O) groups is 1. The number of ketones is 1. The van der Waals surface area contributed by atoms with Crippen molar-refractivity contribution in [3.63, 3.8) is 0 Å². The van der Waals surface area contributed by atoms with Crippen molar-refractivity contribution in [2.24, 2.45) is 16.7 Å². The number of hydrogen-bond donors (Lipinski definition) is 1. The van der Waals surface area contributed by atoms with Crippen LogP contribution in [0.3, 0.4) is 0 Å². The van der Waals surface area contributed by atoms with Crippen LogP contribution in [0.1, 0.15) is 97.2 Å². The summed E-state index contributed by atoms with van der Waals surface area (Å²) in [6, 6.07) is 29.6. The van der Waals surface area contributed by atoms with Crippen LogP contribution in [0.5, 0.6) is 0 Å². The number of carbonyl (C=O) groups excluding carboxylic acids is 1. The smallest absolute Gasteiger partial charge is 0.164 e. The first-order chi connectivity index (χ1) is 26.0. The fourth-order valence-electron chi connectivity index (χ4n) is 7.51. The van der Waals surface area contributed by atoms with E-state index in [1.54, 1.807) is 0 Å². The van der Waals surface area contributed by atoms with Crippen molar-refractivity contribution >= 4 is 38.0 Å². The van der Waals surface area contributed by atoms with E-state index in [-0.39, 0.29) is 42.5 Å². The number of pyridine rings is 2. The molecule has 4 nitrogen and oxygen atoms in total.